The maximum atomic E-state index is 6.12. The van der Waals surface area contributed by atoms with E-state index in [0.717, 1.165) is 37.1 Å². The van der Waals surface area contributed by atoms with Gasteiger partial charge in [-0.25, -0.2) is 0 Å². The molecule has 1 aliphatic heterocycles. The monoisotopic (exact) mass is 298 g/mol. The first kappa shape index (κ1) is 13.5. The minimum Gasteiger partial charge on any atom is -0.369 e. The van der Waals surface area contributed by atoms with Crippen LogP contribution in [0.3, 0.4) is 0 Å². The molecule has 1 aliphatic carbocycles. The van der Waals surface area contributed by atoms with Gasteiger partial charge in [-0.3, -0.25) is 4.90 Å². The summed E-state index contributed by atoms with van der Waals surface area (Å²) in [4.78, 5) is 5.02. The highest BCUT2D eigenvalue weighted by Crippen LogP contribution is 2.31. The van der Waals surface area contributed by atoms with Gasteiger partial charge in [0, 0.05) is 49.3 Å². The fourth-order valence-electron chi connectivity index (χ4n) is 2.78. The van der Waals surface area contributed by atoms with Gasteiger partial charge in [-0.05, 0) is 36.5 Å². The Bertz CT molecular complexity index is 438. The molecule has 4 heteroatoms. The van der Waals surface area contributed by atoms with Crippen molar-refractivity contribution in [3.63, 3.8) is 0 Å². The quantitative estimate of drug-likeness (QED) is 0.784. The Labute approximate surface area is 125 Å². The maximum absolute atomic E-state index is 6.12. The van der Waals surface area contributed by atoms with Crippen molar-refractivity contribution >= 4 is 28.9 Å². The van der Waals surface area contributed by atoms with Crippen LogP contribution in [-0.2, 0) is 5.88 Å². The van der Waals surface area contributed by atoms with Gasteiger partial charge in [0.1, 0.15) is 0 Å². The van der Waals surface area contributed by atoms with E-state index in [1.54, 1.807) is 0 Å². The fraction of sp³-hybridized carbons (Fsp3) is 0.600. The zero-order chi connectivity index (χ0) is 13.2. The van der Waals surface area contributed by atoms with Gasteiger partial charge in [-0.15, -0.1) is 11.6 Å². The molecule has 0 spiro atoms. The van der Waals surface area contributed by atoms with E-state index in [1.165, 1.54) is 30.6 Å². The van der Waals surface area contributed by atoms with E-state index in [-0.39, 0.29) is 0 Å². The normalized spacial score (nSPS) is 20.8. The molecule has 3 rings (SSSR count). The third kappa shape index (κ3) is 3.36. The predicted molar refractivity (Wildman–Crippen MR) is 82.4 cm³/mol. The summed E-state index contributed by atoms with van der Waals surface area (Å²) in [5, 5.41) is 0.796. The van der Waals surface area contributed by atoms with Gasteiger partial charge >= 0.3 is 0 Å². The number of hydrogen-bond acceptors (Lipinski definition) is 2. The molecule has 1 aromatic rings. The molecular weight excluding hydrogens is 279 g/mol. The second kappa shape index (κ2) is 5.90. The summed E-state index contributed by atoms with van der Waals surface area (Å²) in [6.45, 7) is 5.77. The molecule has 0 amide bonds. The van der Waals surface area contributed by atoms with E-state index < -0.39 is 0 Å². The molecule has 0 bridgehead atoms. The second-order valence-electron chi connectivity index (χ2n) is 5.64. The first-order chi connectivity index (χ1) is 9.26. The van der Waals surface area contributed by atoms with E-state index in [1.807, 2.05) is 12.1 Å². The molecular formula is C15H20Cl2N2. The number of hydrogen-bond donors (Lipinski definition) is 0. The summed E-state index contributed by atoms with van der Waals surface area (Å²) >= 11 is 12.1. The Morgan fingerprint density at radius 1 is 1.11 bits per heavy atom. The fourth-order valence-corrected chi connectivity index (χ4v) is 3.17. The van der Waals surface area contributed by atoms with Crippen molar-refractivity contribution < 1.29 is 0 Å². The summed E-state index contributed by atoms with van der Waals surface area (Å²) in [6, 6.07) is 6.02. The summed E-state index contributed by atoms with van der Waals surface area (Å²) in [5.74, 6) is 1.53. The van der Waals surface area contributed by atoms with E-state index in [0.29, 0.717) is 5.88 Å². The number of halogens is 2. The zero-order valence-electron chi connectivity index (χ0n) is 11.1. The molecule has 0 atom stereocenters. The average Bonchev–Trinajstić information content (AvgIpc) is 3.23. The SMILES string of the molecule is ClCc1ccc(Cl)cc1N1CCN(CC2CC2)CC1. The number of nitrogens with zero attached hydrogens (tertiary/aromatic N) is 2. The molecule has 2 fully saturated rings. The van der Waals surface area contributed by atoms with Crippen LogP contribution in [0.1, 0.15) is 18.4 Å². The Hall–Kier alpha value is -0.440. The third-order valence-corrected chi connectivity index (χ3v) is 4.64. The van der Waals surface area contributed by atoms with Crippen molar-refractivity contribution in [2.75, 3.05) is 37.6 Å². The number of benzene rings is 1. The van der Waals surface area contributed by atoms with Crippen LogP contribution < -0.4 is 4.90 Å². The predicted octanol–water partition coefficient (Wildman–Crippen LogP) is 3.61. The smallest absolute Gasteiger partial charge is 0.0494 e. The zero-order valence-corrected chi connectivity index (χ0v) is 12.6. The van der Waals surface area contributed by atoms with Crippen molar-refractivity contribution in [2.24, 2.45) is 5.92 Å². The summed E-state index contributed by atoms with van der Waals surface area (Å²) < 4.78 is 0. The lowest BCUT2D eigenvalue weighted by molar-refractivity contribution is 0.248. The van der Waals surface area contributed by atoms with Crippen molar-refractivity contribution in [1.29, 1.82) is 0 Å². The van der Waals surface area contributed by atoms with E-state index >= 15 is 0 Å². The molecule has 19 heavy (non-hydrogen) atoms. The molecule has 0 unspecified atom stereocenters. The lowest BCUT2D eigenvalue weighted by atomic mass is 10.1. The molecule has 2 aliphatic rings. The summed E-state index contributed by atoms with van der Waals surface area (Å²) in [5.41, 5.74) is 2.40. The van der Waals surface area contributed by atoms with Crippen molar-refractivity contribution in [3.05, 3.63) is 28.8 Å². The van der Waals surface area contributed by atoms with Crippen LogP contribution in [0.2, 0.25) is 5.02 Å². The van der Waals surface area contributed by atoms with Gasteiger partial charge < -0.3 is 4.90 Å². The lowest BCUT2D eigenvalue weighted by Crippen LogP contribution is -2.47. The highest BCUT2D eigenvalue weighted by Gasteiger charge is 2.26. The summed E-state index contributed by atoms with van der Waals surface area (Å²) in [7, 11) is 0. The molecule has 1 saturated carbocycles. The molecule has 0 radical (unpaired) electrons. The molecule has 1 saturated heterocycles. The van der Waals surface area contributed by atoms with E-state index in [2.05, 4.69) is 15.9 Å². The molecule has 0 N–H and O–H groups in total. The number of rotatable bonds is 4. The largest absolute Gasteiger partial charge is 0.369 e. The first-order valence-electron chi connectivity index (χ1n) is 7.08. The number of anilines is 1. The van der Waals surface area contributed by atoms with Crippen molar-refractivity contribution in [1.82, 2.24) is 4.90 Å². The van der Waals surface area contributed by atoms with Crippen LogP contribution in [0, 0.1) is 5.92 Å². The van der Waals surface area contributed by atoms with E-state index in [4.69, 9.17) is 23.2 Å². The standard InChI is InChI=1S/C15H20Cl2N2/c16-10-13-3-4-14(17)9-15(13)19-7-5-18(6-8-19)11-12-1-2-12/h3-4,9,12H,1-2,5-8,10-11H2. The molecule has 0 aromatic heterocycles. The van der Waals surface area contributed by atoms with Gasteiger partial charge in [0.15, 0.2) is 0 Å². The van der Waals surface area contributed by atoms with Crippen molar-refractivity contribution in [3.8, 4) is 0 Å². The van der Waals surface area contributed by atoms with Crippen LogP contribution in [0.5, 0.6) is 0 Å². The lowest BCUT2D eigenvalue weighted by Gasteiger charge is -2.37. The summed E-state index contributed by atoms with van der Waals surface area (Å²) in [6.07, 6.45) is 2.87. The van der Waals surface area contributed by atoms with Crippen LogP contribution in [0.4, 0.5) is 5.69 Å². The van der Waals surface area contributed by atoms with Gasteiger partial charge in [-0.1, -0.05) is 17.7 Å². The van der Waals surface area contributed by atoms with Crippen molar-refractivity contribution in [2.45, 2.75) is 18.7 Å². The second-order valence-corrected chi connectivity index (χ2v) is 6.34. The van der Waals surface area contributed by atoms with Gasteiger partial charge in [0.05, 0.1) is 0 Å². The molecule has 2 nitrogen and oxygen atoms in total. The Kier molecular flexibility index (Phi) is 4.21. The Morgan fingerprint density at radius 2 is 1.84 bits per heavy atom. The molecule has 1 aromatic carbocycles. The van der Waals surface area contributed by atoms with Gasteiger partial charge in [0.25, 0.3) is 0 Å². The van der Waals surface area contributed by atoms with E-state index in [9.17, 15) is 0 Å². The number of piperazine rings is 1. The van der Waals surface area contributed by atoms with Crippen LogP contribution in [0.15, 0.2) is 18.2 Å². The number of alkyl halides is 1. The topological polar surface area (TPSA) is 6.48 Å². The molecule has 1 heterocycles. The third-order valence-electron chi connectivity index (χ3n) is 4.12. The highest BCUT2D eigenvalue weighted by atomic mass is 35.5. The first-order valence-corrected chi connectivity index (χ1v) is 7.99. The van der Waals surface area contributed by atoms with Crippen LogP contribution >= 0.6 is 23.2 Å². The minimum atomic E-state index is 0.550. The Morgan fingerprint density at radius 3 is 2.47 bits per heavy atom. The van der Waals surface area contributed by atoms with Crippen LogP contribution in [0.25, 0.3) is 0 Å². The maximum Gasteiger partial charge on any atom is 0.0494 e. The highest BCUT2D eigenvalue weighted by molar-refractivity contribution is 6.31. The van der Waals surface area contributed by atoms with Gasteiger partial charge in [0.2, 0.25) is 0 Å². The minimum absolute atomic E-state index is 0.550. The Balaban J connectivity index is 1.65. The van der Waals surface area contributed by atoms with Crippen LogP contribution in [-0.4, -0.2) is 37.6 Å². The van der Waals surface area contributed by atoms with Gasteiger partial charge in [-0.2, -0.15) is 0 Å². The average molecular weight is 299 g/mol. The molecule has 104 valence electrons.